The molecule has 2 amide bonds. The molecular weight excluding hydrogens is 540 g/mol. The maximum absolute atomic E-state index is 12.1. The number of nitrogens with zero attached hydrogens (tertiary/aromatic N) is 2. The van der Waals surface area contributed by atoms with Crippen LogP contribution in [-0.4, -0.2) is 71.8 Å². The van der Waals surface area contributed by atoms with Crippen molar-refractivity contribution in [1.82, 2.24) is 9.80 Å². The largest absolute Gasteiger partial charge is 0.478 e. The van der Waals surface area contributed by atoms with Crippen molar-refractivity contribution in [2.75, 3.05) is 32.8 Å². The predicted octanol–water partition coefficient (Wildman–Crippen LogP) is 5.34. The summed E-state index contributed by atoms with van der Waals surface area (Å²) in [4.78, 5) is 50.0. The van der Waals surface area contributed by atoms with Crippen LogP contribution >= 0.6 is 0 Å². The number of esters is 1. The van der Waals surface area contributed by atoms with Crippen LogP contribution in [0.25, 0.3) is 0 Å². The number of carbonyl (C=O) groups is 4. The summed E-state index contributed by atoms with van der Waals surface area (Å²) in [6.07, 6.45) is 0.464. The number of amides is 2. The highest BCUT2D eigenvalue weighted by Crippen LogP contribution is 2.23. The molecule has 2 aromatic carbocycles. The summed E-state index contributed by atoms with van der Waals surface area (Å²) in [5.74, 6) is -1.29. The molecule has 0 bridgehead atoms. The van der Waals surface area contributed by atoms with E-state index in [1.54, 1.807) is 6.92 Å². The van der Waals surface area contributed by atoms with Crippen LogP contribution in [0.3, 0.4) is 0 Å². The van der Waals surface area contributed by atoms with Gasteiger partial charge < -0.3 is 19.3 Å². The molecule has 42 heavy (non-hydrogen) atoms. The summed E-state index contributed by atoms with van der Waals surface area (Å²) < 4.78 is 15.5. The Hall–Kier alpha value is -4.60. The minimum Gasteiger partial charge on any atom is -0.478 e. The van der Waals surface area contributed by atoms with Crippen molar-refractivity contribution in [3.05, 3.63) is 94.1 Å². The van der Waals surface area contributed by atoms with Gasteiger partial charge in [0.1, 0.15) is 13.2 Å². The van der Waals surface area contributed by atoms with E-state index in [1.807, 2.05) is 74.5 Å². The van der Waals surface area contributed by atoms with Gasteiger partial charge in [-0.25, -0.2) is 19.2 Å². The molecule has 0 radical (unpaired) electrons. The average Bonchev–Trinajstić information content (AvgIpc) is 3.66. The van der Waals surface area contributed by atoms with Gasteiger partial charge in [-0.1, -0.05) is 74.5 Å². The van der Waals surface area contributed by atoms with Crippen LogP contribution in [-0.2, 0) is 37.0 Å². The normalized spacial score (nSPS) is 14.4. The maximum atomic E-state index is 12.1. The van der Waals surface area contributed by atoms with Crippen LogP contribution in [0.2, 0.25) is 0 Å². The molecule has 0 fully saturated rings. The molecule has 0 spiro atoms. The second kappa shape index (κ2) is 16.0. The number of benzene rings is 2. The van der Waals surface area contributed by atoms with Crippen molar-refractivity contribution in [3.8, 4) is 0 Å². The highest BCUT2D eigenvalue weighted by Gasteiger charge is 2.31. The first-order chi connectivity index (χ1) is 20.3. The number of ether oxygens (including phenoxy) is 3. The Bertz CT molecular complexity index is 1300. The Morgan fingerprint density at radius 3 is 1.45 bits per heavy atom. The first-order valence-electron chi connectivity index (χ1n) is 14.0. The Morgan fingerprint density at radius 1 is 0.643 bits per heavy atom. The van der Waals surface area contributed by atoms with Crippen molar-refractivity contribution < 1.29 is 38.5 Å². The Labute approximate surface area is 246 Å². The van der Waals surface area contributed by atoms with Crippen molar-refractivity contribution >= 4 is 24.1 Å². The maximum Gasteiger partial charge on any atom is 0.410 e. The fraction of sp³-hybridized carbons (Fsp3) is 0.375. The molecule has 2 aliphatic rings. The SMILES string of the molecule is CCC1=C(C(=O)O)CN(C(=O)OCc2ccccc2)C1.CCOC(=O)C1=C(CC)CN(C(=O)OCc2ccccc2)C1. The molecule has 2 aromatic rings. The zero-order valence-electron chi connectivity index (χ0n) is 24.3. The van der Waals surface area contributed by atoms with Gasteiger partial charge in [-0.2, -0.15) is 0 Å². The molecule has 4 rings (SSSR count). The molecule has 0 aromatic heterocycles. The molecule has 2 heterocycles. The van der Waals surface area contributed by atoms with Crippen molar-refractivity contribution in [1.29, 1.82) is 0 Å². The van der Waals surface area contributed by atoms with Crippen LogP contribution < -0.4 is 0 Å². The summed E-state index contributed by atoms with van der Waals surface area (Å²) in [5, 5.41) is 9.09. The van der Waals surface area contributed by atoms with Crippen LogP contribution in [0.5, 0.6) is 0 Å². The lowest BCUT2D eigenvalue weighted by Gasteiger charge is -2.16. The van der Waals surface area contributed by atoms with Gasteiger partial charge in [-0.15, -0.1) is 0 Å². The van der Waals surface area contributed by atoms with Gasteiger partial charge in [0.15, 0.2) is 0 Å². The molecule has 0 atom stereocenters. The monoisotopic (exact) mass is 578 g/mol. The van der Waals surface area contributed by atoms with E-state index in [2.05, 4.69) is 0 Å². The standard InChI is InChI=1S/C17H21NO4.C15H17NO4/c1-3-14-10-18(11-15(14)16(19)21-4-2)17(20)22-12-13-8-6-5-7-9-13;1-2-12-8-16(9-13(12)14(17)18)15(19)20-10-11-6-4-3-5-7-11/h5-9H,3-4,10-12H2,1-2H3;3-7H,2,8-10H2,1H3,(H,17,18). The molecule has 224 valence electrons. The number of aliphatic carboxylic acids is 1. The second-order valence-electron chi connectivity index (χ2n) is 9.69. The minimum atomic E-state index is -0.958. The second-order valence-corrected chi connectivity index (χ2v) is 9.69. The molecule has 0 aliphatic carbocycles. The Kier molecular flexibility index (Phi) is 12.2. The van der Waals surface area contributed by atoms with Crippen molar-refractivity contribution in [2.45, 2.75) is 46.8 Å². The quantitative estimate of drug-likeness (QED) is 0.313. The average molecular weight is 579 g/mol. The predicted molar refractivity (Wildman–Crippen MR) is 155 cm³/mol. The number of rotatable bonds is 9. The third-order valence-corrected chi connectivity index (χ3v) is 6.88. The molecule has 1 N–H and O–H groups in total. The smallest absolute Gasteiger partial charge is 0.410 e. The van der Waals surface area contributed by atoms with Crippen molar-refractivity contribution in [2.24, 2.45) is 0 Å². The molecule has 10 heteroatoms. The lowest BCUT2D eigenvalue weighted by atomic mass is 10.1. The summed E-state index contributed by atoms with van der Waals surface area (Å²) in [5.41, 5.74) is 4.46. The van der Waals surface area contributed by atoms with Crippen LogP contribution in [0.4, 0.5) is 9.59 Å². The van der Waals surface area contributed by atoms with Gasteiger partial charge in [0.25, 0.3) is 0 Å². The van der Waals surface area contributed by atoms with Gasteiger partial charge in [0.2, 0.25) is 0 Å². The topological polar surface area (TPSA) is 123 Å². The summed E-state index contributed by atoms with van der Waals surface area (Å²) in [6.45, 7) is 7.52. The Balaban J connectivity index is 0.000000231. The molecule has 0 saturated carbocycles. The third kappa shape index (κ3) is 8.95. The molecule has 0 unspecified atom stereocenters. The van der Waals surface area contributed by atoms with E-state index >= 15 is 0 Å². The number of hydrogen-bond acceptors (Lipinski definition) is 7. The summed E-state index contributed by atoms with van der Waals surface area (Å²) >= 11 is 0. The van der Waals surface area contributed by atoms with E-state index in [0.717, 1.165) is 28.7 Å². The fourth-order valence-electron chi connectivity index (χ4n) is 4.54. The highest BCUT2D eigenvalue weighted by molar-refractivity contribution is 5.92. The third-order valence-electron chi connectivity index (χ3n) is 6.88. The lowest BCUT2D eigenvalue weighted by Crippen LogP contribution is -2.30. The van der Waals surface area contributed by atoms with Gasteiger partial charge in [-0.3, -0.25) is 9.80 Å². The van der Waals surface area contributed by atoms with Gasteiger partial charge in [0, 0.05) is 13.1 Å². The first kappa shape index (κ1) is 31.9. The number of carbonyl (C=O) groups excluding carboxylic acids is 3. The number of hydrogen-bond donors (Lipinski definition) is 1. The van der Waals surface area contributed by atoms with Crippen LogP contribution in [0.15, 0.2) is 83.0 Å². The van der Waals surface area contributed by atoms with Gasteiger partial charge in [0.05, 0.1) is 30.8 Å². The van der Waals surface area contributed by atoms with Crippen LogP contribution in [0.1, 0.15) is 44.7 Å². The molecule has 10 nitrogen and oxygen atoms in total. The van der Waals surface area contributed by atoms with E-state index in [1.165, 1.54) is 9.80 Å². The molecular formula is C32H38N2O8. The van der Waals surface area contributed by atoms with E-state index in [0.29, 0.717) is 37.3 Å². The van der Waals surface area contributed by atoms with E-state index in [9.17, 15) is 19.2 Å². The van der Waals surface area contributed by atoms with E-state index in [-0.39, 0.29) is 32.3 Å². The van der Waals surface area contributed by atoms with E-state index < -0.39 is 18.2 Å². The zero-order valence-corrected chi connectivity index (χ0v) is 24.3. The van der Waals surface area contributed by atoms with Crippen LogP contribution in [0, 0.1) is 0 Å². The van der Waals surface area contributed by atoms with Crippen molar-refractivity contribution in [3.63, 3.8) is 0 Å². The fourth-order valence-corrected chi connectivity index (χ4v) is 4.54. The molecule has 2 aliphatic heterocycles. The van der Waals surface area contributed by atoms with E-state index in [4.69, 9.17) is 19.3 Å². The van der Waals surface area contributed by atoms with Gasteiger partial charge in [-0.05, 0) is 42.0 Å². The minimum absolute atomic E-state index is 0.117. The first-order valence-corrected chi connectivity index (χ1v) is 14.0. The summed E-state index contributed by atoms with van der Waals surface area (Å²) in [6, 6.07) is 18.9. The van der Waals surface area contributed by atoms with Gasteiger partial charge >= 0.3 is 24.1 Å². The lowest BCUT2D eigenvalue weighted by molar-refractivity contribution is -0.138. The Morgan fingerprint density at radius 2 is 1.07 bits per heavy atom. The summed E-state index contributed by atoms with van der Waals surface area (Å²) in [7, 11) is 0. The molecule has 0 saturated heterocycles. The number of carboxylic acid groups (broad SMARTS) is 1. The highest BCUT2D eigenvalue weighted by atomic mass is 16.6. The zero-order chi connectivity index (χ0) is 30.5. The number of carboxylic acids is 1.